The highest BCUT2D eigenvalue weighted by atomic mass is 19.1. The van der Waals surface area contributed by atoms with Crippen molar-refractivity contribution in [3.05, 3.63) is 29.6 Å². The first kappa shape index (κ1) is 13.4. The molecule has 1 amide bonds. The van der Waals surface area contributed by atoms with Gasteiger partial charge in [-0.3, -0.25) is 4.79 Å². The normalized spacial score (nSPS) is 12.2. The molecule has 5 heteroatoms. The number of hydrogen-bond donors (Lipinski definition) is 3. The Balaban J connectivity index is 2.50. The number of nitrogens with two attached hydrogens (primary N) is 1. The average molecular weight is 240 g/mol. The maximum Gasteiger partial charge on any atom is 0.253 e. The quantitative estimate of drug-likeness (QED) is 0.536. The fraction of sp³-hybridized carbons (Fsp3) is 0.417. The van der Waals surface area contributed by atoms with Crippen LogP contribution in [0, 0.1) is 5.82 Å². The van der Waals surface area contributed by atoms with Crippen molar-refractivity contribution in [2.24, 2.45) is 0 Å². The number of anilines is 1. The zero-order chi connectivity index (χ0) is 12.8. The zero-order valence-electron chi connectivity index (χ0n) is 9.74. The van der Waals surface area contributed by atoms with Gasteiger partial charge in [0.05, 0.1) is 17.4 Å². The van der Waals surface area contributed by atoms with E-state index in [1.54, 1.807) is 6.92 Å². The number of carbonyl (C=O) groups is 1. The van der Waals surface area contributed by atoms with E-state index in [1.165, 1.54) is 18.2 Å². The molecule has 1 atom stereocenters. The van der Waals surface area contributed by atoms with Crippen molar-refractivity contribution in [2.45, 2.75) is 25.9 Å². The molecule has 0 aliphatic heterocycles. The average Bonchev–Trinajstić information content (AvgIpc) is 2.27. The molecular formula is C12H17FN2O2. The van der Waals surface area contributed by atoms with Crippen LogP contribution in [0.3, 0.4) is 0 Å². The van der Waals surface area contributed by atoms with E-state index in [0.29, 0.717) is 19.4 Å². The molecule has 4 nitrogen and oxygen atoms in total. The number of aliphatic hydroxyl groups excluding tert-OH is 1. The predicted molar refractivity (Wildman–Crippen MR) is 64.1 cm³/mol. The number of rotatable bonds is 5. The summed E-state index contributed by atoms with van der Waals surface area (Å²) in [6, 6.07) is 4.12. The lowest BCUT2D eigenvalue weighted by molar-refractivity contribution is 0.0950. The van der Waals surface area contributed by atoms with Crippen molar-refractivity contribution < 1.29 is 14.3 Å². The first-order chi connectivity index (χ1) is 8.02. The molecular weight excluding hydrogens is 223 g/mol. The minimum absolute atomic E-state index is 0.138. The lowest BCUT2D eigenvalue weighted by Crippen LogP contribution is -2.26. The molecule has 0 bridgehead atoms. The van der Waals surface area contributed by atoms with Crippen LogP contribution in [0.4, 0.5) is 10.1 Å². The molecule has 1 unspecified atom stereocenters. The van der Waals surface area contributed by atoms with Gasteiger partial charge in [0.15, 0.2) is 0 Å². The smallest absolute Gasteiger partial charge is 0.253 e. The molecule has 0 spiro atoms. The number of nitrogens with one attached hydrogen (secondary N) is 1. The second kappa shape index (κ2) is 6.20. The number of aliphatic hydroxyl groups is 1. The maximum absolute atomic E-state index is 13.1. The van der Waals surface area contributed by atoms with Crippen molar-refractivity contribution in [1.29, 1.82) is 0 Å². The first-order valence-corrected chi connectivity index (χ1v) is 5.52. The minimum Gasteiger partial charge on any atom is -0.396 e. The molecule has 4 N–H and O–H groups in total. The molecule has 0 saturated carbocycles. The van der Waals surface area contributed by atoms with Crippen molar-refractivity contribution in [3.63, 3.8) is 0 Å². The lowest BCUT2D eigenvalue weighted by Gasteiger charge is -2.08. The molecule has 0 aliphatic rings. The van der Waals surface area contributed by atoms with Gasteiger partial charge in [0, 0.05) is 6.54 Å². The van der Waals surface area contributed by atoms with E-state index in [-0.39, 0.29) is 17.4 Å². The van der Waals surface area contributed by atoms with Crippen LogP contribution in [0.2, 0.25) is 0 Å². The molecule has 94 valence electrons. The molecule has 1 aromatic rings. The number of benzene rings is 1. The van der Waals surface area contributed by atoms with Gasteiger partial charge in [0.1, 0.15) is 5.82 Å². The van der Waals surface area contributed by atoms with E-state index in [9.17, 15) is 9.18 Å². The third kappa shape index (κ3) is 4.03. The van der Waals surface area contributed by atoms with Gasteiger partial charge in [0.25, 0.3) is 5.91 Å². The van der Waals surface area contributed by atoms with E-state index < -0.39 is 11.7 Å². The fourth-order valence-corrected chi connectivity index (χ4v) is 1.43. The van der Waals surface area contributed by atoms with Crippen LogP contribution in [0.1, 0.15) is 30.1 Å². The van der Waals surface area contributed by atoms with Crippen LogP contribution in [0.5, 0.6) is 0 Å². The van der Waals surface area contributed by atoms with Crippen molar-refractivity contribution in [2.75, 3.05) is 12.3 Å². The highest BCUT2D eigenvalue weighted by Crippen LogP contribution is 2.15. The number of carbonyl (C=O) groups excluding carboxylic acids is 1. The summed E-state index contributed by atoms with van der Waals surface area (Å²) in [6.45, 7) is 2.12. The van der Waals surface area contributed by atoms with E-state index in [0.717, 1.165) is 0 Å². The summed E-state index contributed by atoms with van der Waals surface area (Å²) in [4.78, 5) is 11.6. The fourth-order valence-electron chi connectivity index (χ4n) is 1.43. The van der Waals surface area contributed by atoms with Crippen molar-refractivity contribution >= 4 is 11.6 Å². The maximum atomic E-state index is 13.1. The SMILES string of the molecule is CC(O)CCCNC(=O)c1cccc(F)c1N. The number of amides is 1. The molecule has 0 radical (unpaired) electrons. The summed E-state index contributed by atoms with van der Waals surface area (Å²) < 4.78 is 13.1. The molecule has 0 aromatic heterocycles. The third-order valence-corrected chi connectivity index (χ3v) is 2.38. The van der Waals surface area contributed by atoms with Crippen molar-refractivity contribution in [3.8, 4) is 0 Å². The third-order valence-electron chi connectivity index (χ3n) is 2.38. The summed E-state index contributed by atoms with van der Waals surface area (Å²) in [5, 5.41) is 11.7. The van der Waals surface area contributed by atoms with Crippen LogP contribution in [-0.4, -0.2) is 23.7 Å². The molecule has 17 heavy (non-hydrogen) atoms. The van der Waals surface area contributed by atoms with Gasteiger partial charge >= 0.3 is 0 Å². The van der Waals surface area contributed by atoms with Crippen LogP contribution < -0.4 is 11.1 Å². The number of halogens is 1. The Hall–Kier alpha value is -1.62. The molecule has 1 aromatic carbocycles. The topological polar surface area (TPSA) is 75.3 Å². The Morgan fingerprint density at radius 3 is 2.94 bits per heavy atom. The summed E-state index contributed by atoms with van der Waals surface area (Å²) in [5.41, 5.74) is 5.46. The molecule has 1 rings (SSSR count). The Labute approximate surface area is 99.6 Å². The minimum atomic E-state index is -0.596. The van der Waals surface area contributed by atoms with Crippen LogP contribution >= 0.6 is 0 Å². The number of nitrogen functional groups attached to an aromatic ring is 1. The Morgan fingerprint density at radius 2 is 2.29 bits per heavy atom. The second-order valence-corrected chi connectivity index (χ2v) is 3.95. The van der Waals surface area contributed by atoms with E-state index >= 15 is 0 Å². The second-order valence-electron chi connectivity index (χ2n) is 3.95. The van der Waals surface area contributed by atoms with Gasteiger partial charge < -0.3 is 16.2 Å². The monoisotopic (exact) mass is 240 g/mol. The van der Waals surface area contributed by atoms with Gasteiger partial charge in [-0.05, 0) is 31.9 Å². The molecule has 0 saturated heterocycles. The van der Waals surface area contributed by atoms with Gasteiger partial charge in [-0.25, -0.2) is 4.39 Å². The van der Waals surface area contributed by atoms with E-state index in [2.05, 4.69) is 5.32 Å². The van der Waals surface area contributed by atoms with Crippen LogP contribution in [-0.2, 0) is 0 Å². The van der Waals surface area contributed by atoms with Gasteiger partial charge in [-0.2, -0.15) is 0 Å². The molecule has 0 aliphatic carbocycles. The van der Waals surface area contributed by atoms with Gasteiger partial charge in [-0.1, -0.05) is 6.07 Å². The largest absolute Gasteiger partial charge is 0.396 e. The number of para-hydroxylation sites is 1. The zero-order valence-corrected chi connectivity index (χ0v) is 9.74. The van der Waals surface area contributed by atoms with Crippen LogP contribution in [0.15, 0.2) is 18.2 Å². The Morgan fingerprint density at radius 1 is 1.59 bits per heavy atom. The molecule has 0 fully saturated rings. The van der Waals surface area contributed by atoms with Crippen LogP contribution in [0.25, 0.3) is 0 Å². The Kier molecular flexibility index (Phi) is 4.90. The van der Waals surface area contributed by atoms with E-state index in [4.69, 9.17) is 10.8 Å². The highest BCUT2D eigenvalue weighted by molar-refractivity contribution is 5.99. The molecule has 0 heterocycles. The van der Waals surface area contributed by atoms with Crippen molar-refractivity contribution in [1.82, 2.24) is 5.32 Å². The van der Waals surface area contributed by atoms with Gasteiger partial charge in [-0.15, -0.1) is 0 Å². The standard InChI is InChI=1S/C12H17FN2O2/c1-8(16)4-3-7-15-12(17)9-5-2-6-10(13)11(9)14/h2,5-6,8,16H,3-4,7,14H2,1H3,(H,15,17). The summed E-state index contributed by atoms with van der Waals surface area (Å²) >= 11 is 0. The van der Waals surface area contributed by atoms with Gasteiger partial charge in [0.2, 0.25) is 0 Å². The first-order valence-electron chi connectivity index (χ1n) is 5.52. The lowest BCUT2D eigenvalue weighted by atomic mass is 10.1. The summed E-state index contributed by atoms with van der Waals surface area (Å²) in [6.07, 6.45) is 0.892. The predicted octanol–water partition coefficient (Wildman–Crippen LogP) is 1.30. The number of hydrogen-bond acceptors (Lipinski definition) is 3. The van der Waals surface area contributed by atoms with E-state index in [1.807, 2.05) is 0 Å². The summed E-state index contributed by atoms with van der Waals surface area (Å²) in [7, 11) is 0. The summed E-state index contributed by atoms with van der Waals surface area (Å²) in [5.74, 6) is -0.991. The highest BCUT2D eigenvalue weighted by Gasteiger charge is 2.11. The Bertz CT molecular complexity index is 394.